The number of carboxylic acid groups (broad SMARTS) is 1. The van der Waals surface area contributed by atoms with Gasteiger partial charge in [0, 0.05) is 19.1 Å². The van der Waals surface area contributed by atoms with Crippen molar-refractivity contribution >= 4 is 5.97 Å². The summed E-state index contributed by atoms with van der Waals surface area (Å²) >= 11 is 0. The second kappa shape index (κ2) is 10.1. The zero-order valence-corrected chi connectivity index (χ0v) is 14.8. The van der Waals surface area contributed by atoms with Crippen LogP contribution in [-0.2, 0) is 4.79 Å². The van der Waals surface area contributed by atoms with Gasteiger partial charge < -0.3 is 15.3 Å². The first kappa shape index (κ1) is 20.3. The molecule has 0 rings (SSSR count). The van der Waals surface area contributed by atoms with Gasteiger partial charge in [0.2, 0.25) is 0 Å². The van der Waals surface area contributed by atoms with Crippen LogP contribution >= 0.6 is 0 Å². The zero-order valence-electron chi connectivity index (χ0n) is 14.8. The molecule has 0 saturated heterocycles. The number of hydrogen-bond acceptors (Lipinski definition) is 4. The molecule has 5 nitrogen and oxygen atoms in total. The Kier molecular flexibility index (Phi) is 9.83. The van der Waals surface area contributed by atoms with E-state index in [4.69, 9.17) is 0 Å². The van der Waals surface area contributed by atoms with Gasteiger partial charge in [-0.25, -0.2) is 0 Å². The van der Waals surface area contributed by atoms with E-state index in [0.29, 0.717) is 6.42 Å². The van der Waals surface area contributed by atoms with Crippen LogP contribution in [0.15, 0.2) is 0 Å². The van der Waals surface area contributed by atoms with Gasteiger partial charge in [-0.05, 0) is 60.3 Å². The summed E-state index contributed by atoms with van der Waals surface area (Å²) < 4.78 is 0. The van der Waals surface area contributed by atoms with Crippen LogP contribution in [-0.4, -0.2) is 72.7 Å². The van der Waals surface area contributed by atoms with Crippen LogP contribution in [0.1, 0.15) is 47.0 Å². The normalized spacial score (nSPS) is 16.2. The summed E-state index contributed by atoms with van der Waals surface area (Å²) in [7, 11) is 4.14. The Morgan fingerprint density at radius 1 is 1.19 bits per heavy atom. The van der Waals surface area contributed by atoms with E-state index in [0.717, 1.165) is 39.0 Å². The van der Waals surface area contributed by atoms with Crippen LogP contribution in [0.2, 0.25) is 0 Å². The molecule has 0 aliphatic carbocycles. The smallest absolute Gasteiger partial charge is 0.323 e. The van der Waals surface area contributed by atoms with Gasteiger partial charge in [-0.1, -0.05) is 13.8 Å². The summed E-state index contributed by atoms with van der Waals surface area (Å²) in [5.41, 5.74) is -0.848. The first-order valence-electron chi connectivity index (χ1n) is 8.14. The van der Waals surface area contributed by atoms with E-state index in [2.05, 4.69) is 50.0 Å². The van der Waals surface area contributed by atoms with Gasteiger partial charge >= 0.3 is 5.97 Å². The van der Waals surface area contributed by atoms with Crippen molar-refractivity contribution in [2.75, 3.05) is 40.3 Å². The lowest BCUT2D eigenvalue weighted by molar-refractivity contribution is -0.145. The number of nitrogens with zero attached hydrogens (tertiary/aromatic N) is 2. The van der Waals surface area contributed by atoms with E-state index < -0.39 is 11.5 Å². The minimum Gasteiger partial charge on any atom is -0.480 e. The highest BCUT2D eigenvalue weighted by Crippen LogP contribution is 2.17. The lowest BCUT2D eigenvalue weighted by Gasteiger charge is -2.36. The largest absolute Gasteiger partial charge is 0.480 e. The summed E-state index contributed by atoms with van der Waals surface area (Å²) in [6, 6.07) is 0.246. The van der Waals surface area contributed by atoms with Crippen molar-refractivity contribution < 1.29 is 9.90 Å². The molecular weight excluding hydrogens is 266 g/mol. The summed E-state index contributed by atoms with van der Waals surface area (Å²) in [5, 5.41) is 12.7. The minimum atomic E-state index is -0.848. The Balaban J connectivity index is 4.73. The van der Waals surface area contributed by atoms with Crippen molar-refractivity contribution in [2.24, 2.45) is 0 Å². The van der Waals surface area contributed by atoms with E-state index >= 15 is 0 Å². The quantitative estimate of drug-likeness (QED) is 0.576. The van der Waals surface area contributed by atoms with Crippen LogP contribution in [0.3, 0.4) is 0 Å². The average molecular weight is 301 g/mol. The number of nitrogens with one attached hydrogen (secondary N) is 1. The molecule has 0 aromatic heterocycles. The topological polar surface area (TPSA) is 55.8 Å². The maximum Gasteiger partial charge on any atom is 0.323 e. The molecule has 0 amide bonds. The molecule has 0 heterocycles. The molecule has 5 heteroatoms. The maximum atomic E-state index is 11.6. The van der Waals surface area contributed by atoms with Gasteiger partial charge in [-0.2, -0.15) is 0 Å². The first-order chi connectivity index (χ1) is 9.76. The molecule has 0 aromatic carbocycles. The molecule has 0 radical (unpaired) electrons. The molecule has 0 bridgehead atoms. The third kappa shape index (κ3) is 7.79. The third-order valence-corrected chi connectivity index (χ3v) is 3.91. The summed E-state index contributed by atoms with van der Waals surface area (Å²) in [6.07, 6.45) is 2.65. The fourth-order valence-corrected chi connectivity index (χ4v) is 2.52. The fourth-order valence-electron chi connectivity index (χ4n) is 2.52. The lowest BCUT2D eigenvalue weighted by Crippen LogP contribution is -2.54. The number of rotatable bonds is 12. The Morgan fingerprint density at radius 3 is 2.24 bits per heavy atom. The van der Waals surface area contributed by atoms with E-state index in [1.165, 1.54) is 0 Å². The molecule has 0 saturated carbocycles. The molecule has 2 atom stereocenters. The van der Waals surface area contributed by atoms with Crippen molar-refractivity contribution in [3.63, 3.8) is 0 Å². The van der Waals surface area contributed by atoms with Crippen molar-refractivity contribution in [1.29, 1.82) is 0 Å². The molecule has 21 heavy (non-hydrogen) atoms. The molecule has 0 aliphatic rings. The number of carbonyl (C=O) groups is 1. The molecule has 0 aromatic rings. The van der Waals surface area contributed by atoms with Gasteiger partial charge in [0.05, 0.1) is 0 Å². The highest BCUT2D eigenvalue weighted by Gasteiger charge is 2.35. The van der Waals surface area contributed by atoms with Gasteiger partial charge in [0.1, 0.15) is 5.54 Å². The summed E-state index contributed by atoms with van der Waals surface area (Å²) in [6.45, 7) is 11.9. The van der Waals surface area contributed by atoms with Crippen molar-refractivity contribution in [3.05, 3.63) is 0 Å². The standard InChI is InChI=1S/C16H35N3O2/c1-7-9-17-16(4,15(20)21)13-14(3)19(10-8-2)12-11-18(5)6/h14,17H,7-13H2,1-6H3,(H,20,21). The number of likely N-dealkylation sites (N-methyl/N-ethyl adjacent to an activating group) is 1. The number of aliphatic carboxylic acids is 1. The van der Waals surface area contributed by atoms with Gasteiger partial charge in [0.15, 0.2) is 0 Å². The molecule has 2 N–H and O–H groups in total. The molecule has 126 valence electrons. The molecule has 0 fully saturated rings. The van der Waals surface area contributed by atoms with Crippen LogP contribution < -0.4 is 5.32 Å². The molecule has 0 aliphatic heterocycles. The van der Waals surface area contributed by atoms with Gasteiger partial charge in [0.25, 0.3) is 0 Å². The van der Waals surface area contributed by atoms with Gasteiger partial charge in [-0.3, -0.25) is 9.69 Å². The summed E-state index contributed by atoms with van der Waals surface area (Å²) in [4.78, 5) is 16.2. The first-order valence-corrected chi connectivity index (χ1v) is 8.14. The highest BCUT2D eigenvalue weighted by atomic mass is 16.4. The Bertz CT molecular complexity index is 297. The van der Waals surface area contributed by atoms with Crippen molar-refractivity contribution in [3.8, 4) is 0 Å². The van der Waals surface area contributed by atoms with Crippen LogP contribution in [0, 0.1) is 0 Å². The van der Waals surface area contributed by atoms with E-state index in [1.807, 2.05) is 0 Å². The summed E-state index contributed by atoms with van der Waals surface area (Å²) in [5.74, 6) is -0.758. The zero-order chi connectivity index (χ0) is 16.5. The van der Waals surface area contributed by atoms with E-state index in [-0.39, 0.29) is 6.04 Å². The monoisotopic (exact) mass is 301 g/mol. The second-order valence-corrected chi connectivity index (χ2v) is 6.46. The SMILES string of the molecule is CCCNC(C)(CC(C)N(CCC)CCN(C)C)C(=O)O. The van der Waals surface area contributed by atoms with Crippen LogP contribution in [0.4, 0.5) is 0 Å². The average Bonchev–Trinajstić information content (AvgIpc) is 2.40. The molecular formula is C16H35N3O2. The fraction of sp³-hybridized carbons (Fsp3) is 0.938. The Morgan fingerprint density at radius 2 is 1.81 bits per heavy atom. The number of carboxylic acids is 1. The Labute approximate surface area is 130 Å². The molecule has 0 spiro atoms. The Hall–Kier alpha value is -0.650. The highest BCUT2D eigenvalue weighted by molar-refractivity contribution is 5.78. The maximum absolute atomic E-state index is 11.6. The minimum absolute atomic E-state index is 0.246. The third-order valence-electron chi connectivity index (χ3n) is 3.91. The van der Waals surface area contributed by atoms with Crippen LogP contribution in [0.25, 0.3) is 0 Å². The van der Waals surface area contributed by atoms with E-state index in [9.17, 15) is 9.90 Å². The van der Waals surface area contributed by atoms with E-state index in [1.54, 1.807) is 6.92 Å². The van der Waals surface area contributed by atoms with Crippen molar-refractivity contribution in [1.82, 2.24) is 15.1 Å². The van der Waals surface area contributed by atoms with Crippen LogP contribution in [0.5, 0.6) is 0 Å². The number of hydrogen-bond donors (Lipinski definition) is 2. The molecule has 2 unspecified atom stereocenters. The predicted octanol–water partition coefficient (Wildman–Crippen LogP) is 1.88. The van der Waals surface area contributed by atoms with Crippen molar-refractivity contribution in [2.45, 2.75) is 58.5 Å². The lowest BCUT2D eigenvalue weighted by atomic mass is 9.92. The second-order valence-electron chi connectivity index (χ2n) is 6.46. The predicted molar refractivity (Wildman–Crippen MR) is 88.8 cm³/mol. The van der Waals surface area contributed by atoms with Gasteiger partial charge in [-0.15, -0.1) is 0 Å².